The third-order valence-corrected chi connectivity index (χ3v) is 4.74. The van der Waals surface area contributed by atoms with E-state index in [2.05, 4.69) is 25.6 Å². The van der Waals surface area contributed by atoms with Crippen molar-refractivity contribution in [3.63, 3.8) is 0 Å². The maximum Gasteiger partial charge on any atom is 0.271 e. The Hall–Kier alpha value is -2.25. The number of rotatable bonds is 6. The number of thiophene rings is 1. The van der Waals surface area contributed by atoms with Crippen molar-refractivity contribution in [3.05, 3.63) is 46.2 Å². The molecule has 130 valence electrons. The van der Waals surface area contributed by atoms with Gasteiger partial charge in [-0.05, 0) is 36.4 Å². The van der Waals surface area contributed by atoms with Crippen LogP contribution in [0, 0.1) is 0 Å². The molecular formula is C17H18ClN5OS. The van der Waals surface area contributed by atoms with Crippen molar-refractivity contribution in [2.45, 2.75) is 26.3 Å². The Balaban J connectivity index is 1.90. The SMILES string of the molecule is CCCNC(=O)c1nc(NC(C)c2cncc(Cl)c2)nc2ccsc12. The number of carbonyl (C=O) groups excluding carboxylic acids is 1. The first kappa shape index (κ1) is 17.6. The lowest BCUT2D eigenvalue weighted by atomic mass is 10.1. The molecule has 0 saturated carbocycles. The van der Waals surface area contributed by atoms with E-state index in [0.29, 0.717) is 23.2 Å². The second-order valence-corrected chi connectivity index (χ2v) is 6.94. The van der Waals surface area contributed by atoms with Crippen LogP contribution in [0.4, 0.5) is 5.95 Å². The average molecular weight is 376 g/mol. The van der Waals surface area contributed by atoms with Gasteiger partial charge in [0.2, 0.25) is 5.95 Å². The van der Waals surface area contributed by atoms with Crippen LogP contribution in [0.1, 0.15) is 42.4 Å². The van der Waals surface area contributed by atoms with E-state index in [-0.39, 0.29) is 11.9 Å². The van der Waals surface area contributed by atoms with Crippen molar-refractivity contribution in [3.8, 4) is 0 Å². The number of nitrogens with one attached hydrogen (secondary N) is 2. The number of anilines is 1. The zero-order valence-electron chi connectivity index (χ0n) is 13.9. The van der Waals surface area contributed by atoms with E-state index in [0.717, 1.165) is 22.2 Å². The van der Waals surface area contributed by atoms with Crippen molar-refractivity contribution >= 4 is 45.0 Å². The summed E-state index contributed by atoms with van der Waals surface area (Å²) >= 11 is 7.46. The highest BCUT2D eigenvalue weighted by Crippen LogP contribution is 2.25. The summed E-state index contributed by atoms with van der Waals surface area (Å²) in [6.45, 7) is 4.59. The van der Waals surface area contributed by atoms with Gasteiger partial charge in [-0.25, -0.2) is 9.97 Å². The Kier molecular flexibility index (Phi) is 5.45. The summed E-state index contributed by atoms with van der Waals surface area (Å²) in [5.74, 6) is 0.219. The third-order valence-electron chi connectivity index (χ3n) is 3.63. The fraction of sp³-hybridized carbons (Fsp3) is 0.294. The molecule has 0 aromatic carbocycles. The van der Waals surface area contributed by atoms with E-state index < -0.39 is 0 Å². The number of aromatic nitrogens is 3. The maximum absolute atomic E-state index is 12.4. The lowest BCUT2D eigenvalue weighted by Gasteiger charge is -2.15. The molecule has 0 radical (unpaired) electrons. The molecule has 0 spiro atoms. The van der Waals surface area contributed by atoms with Gasteiger partial charge >= 0.3 is 0 Å². The van der Waals surface area contributed by atoms with Crippen molar-refractivity contribution in [2.75, 3.05) is 11.9 Å². The molecule has 0 fully saturated rings. The van der Waals surface area contributed by atoms with Gasteiger partial charge < -0.3 is 10.6 Å². The van der Waals surface area contributed by atoms with E-state index in [4.69, 9.17) is 11.6 Å². The van der Waals surface area contributed by atoms with E-state index in [1.807, 2.05) is 31.4 Å². The van der Waals surface area contributed by atoms with Crippen LogP contribution in [0.25, 0.3) is 10.2 Å². The van der Waals surface area contributed by atoms with Crippen molar-refractivity contribution in [1.82, 2.24) is 20.3 Å². The van der Waals surface area contributed by atoms with Crippen molar-refractivity contribution in [2.24, 2.45) is 0 Å². The minimum atomic E-state index is -0.183. The maximum atomic E-state index is 12.4. The highest BCUT2D eigenvalue weighted by molar-refractivity contribution is 7.17. The minimum absolute atomic E-state index is 0.103. The van der Waals surface area contributed by atoms with Crippen molar-refractivity contribution in [1.29, 1.82) is 0 Å². The highest BCUT2D eigenvalue weighted by Gasteiger charge is 2.17. The molecule has 2 N–H and O–H groups in total. The van der Waals surface area contributed by atoms with Gasteiger partial charge in [-0.15, -0.1) is 11.3 Å². The van der Waals surface area contributed by atoms with Gasteiger partial charge in [-0.2, -0.15) is 0 Å². The summed E-state index contributed by atoms with van der Waals surface area (Å²) in [7, 11) is 0. The molecule has 3 aromatic heterocycles. The van der Waals surface area contributed by atoms with E-state index in [9.17, 15) is 4.79 Å². The van der Waals surface area contributed by atoms with E-state index >= 15 is 0 Å². The van der Waals surface area contributed by atoms with Gasteiger partial charge in [0.25, 0.3) is 5.91 Å². The molecule has 0 bridgehead atoms. The first-order valence-corrected chi connectivity index (χ1v) is 9.24. The van der Waals surface area contributed by atoms with Gasteiger partial charge in [0, 0.05) is 18.9 Å². The Morgan fingerprint density at radius 1 is 1.36 bits per heavy atom. The zero-order chi connectivity index (χ0) is 17.8. The lowest BCUT2D eigenvalue weighted by molar-refractivity contribution is 0.0950. The number of nitrogens with zero attached hydrogens (tertiary/aromatic N) is 3. The van der Waals surface area contributed by atoms with Gasteiger partial charge in [0.1, 0.15) is 0 Å². The molecule has 1 unspecified atom stereocenters. The van der Waals surface area contributed by atoms with Gasteiger partial charge in [-0.3, -0.25) is 9.78 Å². The third kappa shape index (κ3) is 4.05. The lowest BCUT2D eigenvalue weighted by Crippen LogP contribution is -2.25. The highest BCUT2D eigenvalue weighted by atomic mass is 35.5. The normalized spacial score (nSPS) is 12.1. The molecule has 1 atom stereocenters. The number of halogens is 1. The molecule has 0 aliphatic heterocycles. The summed E-state index contributed by atoms with van der Waals surface area (Å²) in [5, 5.41) is 8.57. The minimum Gasteiger partial charge on any atom is -0.351 e. The summed E-state index contributed by atoms with van der Waals surface area (Å²) < 4.78 is 0.788. The molecule has 25 heavy (non-hydrogen) atoms. The smallest absolute Gasteiger partial charge is 0.271 e. The van der Waals surface area contributed by atoms with E-state index in [1.165, 1.54) is 11.3 Å². The monoisotopic (exact) mass is 375 g/mol. The van der Waals surface area contributed by atoms with Crippen LogP contribution >= 0.6 is 22.9 Å². The van der Waals surface area contributed by atoms with Crippen LogP contribution in [-0.2, 0) is 0 Å². The van der Waals surface area contributed by atoms with Gasteiger partial charge in [0.05, 0.1) is 21.3 Å². The molecule has 0 saturated heterocycles. The molecule has 6 nitrogen and oxygen atoms in total. The fourth-order valence-electron chi connectivity index (χ4n) is 2.35. The van der Waals surface area contributed by atoms with Gasteiger partial charge in [-0.1, -0.05) is 18.5 Å². The predicted octanol–water partition coefficient (Wildman–Crippen LogP) is 4.05. The second kappa shape index (κ2) is 7.76. The molecule has 3 heterocycles. The van der Waals surface area contributed by atoms with Crippen LogP contribution in [-0.4, -0.2) is 27.4 Å². The summed E-state index contributed by atoms with van der Waals surface area (Å²) in [5.41, 5.74) is 2.06. The standard InChI is InChI=1S/C17H18ClN5OS/c1-3-5-20-16(24)14-15-13(4-6-25-15)22-17(23-14)21-10(2)11-7-12(18)9-19-8-11/h4,6-10H,3,5H2,1-2H3,(H,20,24)(H,21,22,23). The number of fused-ring (bicyclic) bond motifs is 1. The summed E-state index contributed by atoms with van der Waals surface area (Å²) in [6.07, 6.45) is 4.19. The second-order valence-electron chi connectivity index (χ2n) is 5.59. The molecule has 8 heteroatoms. The van der Waals surface area contributed by atoms with Crippen LogP contribution in [0.2, 0.25) is 5.02 Å². The first-order chi connectivity index (χ1) is 12.1. The number of hydrogen-bond donors (Lipinski definition) is 2. The van der Waals surface area contributed by atoms with Crippen LogP contribution in [0.5, 0.6) is 0 Å². The van der Waals surface area contributed by atoms with Crippen LogP contribution < -0.4 is 10.6 Å². The summed E-state index contributed by atoms with van der Waals surface area (Å²) in [6, 6.07) is 3.62. The van der Waals surface area contributed by atoms with Crippen LogP contribution in [0.15, 0.2) is 29.9 Å². The molecule has 0 aliphatic rings. The predicted molar refractivity (Wildman–Crippen MR) is 101 cm³/mol. The largest absolute Gasteiger partial charge is 0.351 e. The van der Waals surface area contributed by atoms with E-state index in [1.54, 1.807) is 12.4 Å². The molecule has 3 aromatic rings. The molecular weight excluding hydrogens is 358 g/mol. The molecule has 0 aliphatic carbocycles. The molecule has 1 amide bonds. The Bertz CT molecular complexity index is 898. The fourth-order valence-corrected chi connectivity index (χ4v) is 3.35. The van der Waals surface area contributed by atoms with Crippen LogP contribution in [0.3, 0.4) is 0 Å². The molecule has 3 rings (SSSR count). The van der Waals surface area contributed by atoms with Crippen molar-refractivity contribution < 1.29 is 4.79 Å². The number of hydrogen-bond acceptors (Lipinski definition) is 6. The number of amides is 1. The Morgan fingerprint density at radius 2 is 2.20 bits per heavy atom. The number of pyridine rings is 1. The zero-order valence-corrected chi connectivity index (χ0v) is 15.5. The Labute approximate surface area is 154 Å². The first-order valence-electron chi connectivity index (χ1n) is 7.99. The van der Waals surface area contributed by atoms with Gasteiger partial charge in [0.15, 0.2) is 5.69 Å². The topological polar surface area (TPSA) is 79.8 Å². The quantitative estimate of drug-likeness (QED) is 0.679. The Morgan fingerprint density at radius 3 is 2.96 bits per heavy atom. The number of carbonyl (C=O) groups is 1. The average Bonchev–Trinajstić information content (AvgIpc) is 3.07. The summed E-state index contributed by atoms with van der Waals surface area (Å²) in [4.78, 5) is 25.4.